The molecule has 0 spiro atoms. The van der Waals surface area contributed by atoms with Crippen LogP contribution in [0.5, 0.6) is 0 Å². The summed E-state index contributed by atoms with van der Waals surface area (Å²) in [5, 5.41) is 0. The van der Waals surface area contributed by atoms with Gasteiger partial charge >= 0.3 is 5.97 Å². The summed E-state index contributed by atoms with van der Waals surface area (Å²) in [6, 6.07) is 0. The van der Waals surface area contributed by atoms with Crippen molar-refractivity contribution in [3.8, 4) is 0 Å². The van der Waals surface area contributed by atoms with E-state index in [0.717, 1.165) is 58.0 Å². The van der Waals surface area contributed by atoms with Crippen LogP contribution < -0.4 is 0 Å². The number of hydrogen-bond acceptors (Lipinski definition) is 4. The number of imidazole rings is 1. The van der Waals surface area contributed by atoms with E-state index in [1.54, 1.807) is 6.33 Å². The molecule has 162 valence electrons. The fraction of sp³-hybridized carbons (Fsp3) is 0.783. The molecule has 1 aliphatic carbocycles. The summed E-state index contributed by atoms with van der Waals surface area (Å²) in [6.07, 6.45) is 10.5. The molecule has 0 aromatic carbocycles. The Balaban J connectivity index is 1.40. The van der Waals surface area contributed by atoms with Gasteiger partial charge in [-0.05, 0) is 71.6 Å². The van der Waals surface area contributed by atoms with Crippen LogP contribution in [0, 0.1) is 17.8 Å². The van der Waals surface area contributed by atoms with E-state index in [1.807, 2.05) is 33.9 Å². The van der Waals surface area contributed by atoms with Gasteiger partial charge in [0.05, 0.1) is 12.2 Å². The third kappa shape index (κ3) is 6.06. The Morgan fingerprint density at radius 2 is 1.83 bits per heavy atom. The molecule has 0 bridgehead atoms. The summed E-state index contributed by atoms with van der Waals surface area (Å²) in [7, 11) is 0. The van der Waals surface area contributed by atoms with Crippen molar-refractivity contribution in [3.63, 3.8) is 0 Å². The fourth-order valence-corrected chi connectivity index (χ4v) is 4.80. The molecule has 1 aromatic heterocycles. The number of nitrogens with one attached hydrogen (secondary N) is 1. The molecule has 0 radical (unpaired) electrons. The van der Waals surface area contributed by atoms with Crippen LogP contribution in [0.15, 0.2) is 12.5 Å². The van der Waals surface area contributed by atoms with E-state index in [2.05, 4.69) is 14.9 Å². The molecule has 29 heavy (non-hydrogen) atoms. The van der Waals surface area contributed by atoms with Crippen LogP contribution in [0.2, 0.25) is 0 Å². The van der Waals surface area contributed by atoms with E-state index < -0.39 is 5.60 Å². The first-order chi connectivity index (χ1) is 13.7. The number of H-pyrrole nitrogens is 1. The topological polar surface area (TPSA) is 75.3 Å². The SMILES string of the molecule is CC(CC1CCC(C(=O)N2CCC(c3cnc[nH]3)CC2)CC1)C(=O)OC(C)(C)C. The zero-order valence-electron chi connectivity index (χ0n) is 18.4. The third-order valence-electron chi connectivity index (χ3n) is 6.46. The average molecular weight is 404 g/mol. The molecule has 1 aliphatic heterocycles. The first kappa shape index (κ1) is 21.8. The number of hydrogen-bond donors (Lipinski definition) is 1. The minimum absolute atomic E-state index is 0.0759. The number of likely N-dealkylation sites (tertiary alicyclic amines) is 1. The first-order valence-corrected chi connectivity index (χ1v) is 11.2. The number of carbonyl (C=O) groups excluding carboxylic acids is 2. The van der Waals surface area contributed by atoms with Crippen molar-refractivity contribution in [2.45, 2.75) is 84.2 Å². The van der Waals surface area contributed by atoms with Crippen molar-refractivity contribution in [3.05, 3.63) is 18.2 Å². The van der Waals surface area contributed by atoms with Crippen LogP contribution in [-0.2, 0) is 14.3 Å². The van der Waals surface area contributed by atoms with Crippen LogP contribution >= 0.6 is 0 Å². The standard InChI is InChI=1S/C23H37N3O3/c1-16(22(28)29-23(2,3)4)13-17-5-7-19(8-6-17)21(27)26-11-9-18(10-12-26)20-14-24-15-25-20/h14-19H,5-13H2,1-4H3,(H,24,25). The highest BCUT2D eigenvalue weighted by atomic mass is 16.6. The first-order valence-electron chi connectivity index (χ1n) is 11.2. The molecule has 1 atom stereocenters. The lowest BCUT2D eigenvalue weighted by Gasteiger charge is -2.36. The van der Waals surface area contributed by atoms with E-state index in [9.17, 15) is 9.59 Å². The molecule has 6 nitrogen and oxygen atoms in total. The van der Waals surface area contributed by atoms with E-state index in [0.29, 0.717) is 17.7 Å². The largest absolute Gasteiger partial charge is 0.460 e. The maximum absolute atomic E-state index is 13.0. The maximum Gasteiger partial charge on any atom is 0.309 e. The minimum Gasteiger partial charge on any atom is -0.460 e. The van der Waals surface area contributed by atoms with Crippen molar-refractivity contribution in [1.29, 1.82) is 0 Å². The van der Waals surface area contributed by atoms with E-state index in [1.165, 1.54) is 5.69 Å². The number of piperidine rings is 1. The molecule has 1 aromatic rings. The lowest BCUT2D eigenvalue weighted by molar-refractivity contribution is -0.160. The van der Waals surface area contributed by atoms with E-state index in [4.69, 9.17) is 4.74 Å². The molecule has 3 rings (SSSR count). The Morgan fingerprint density at radius 3 is 2.38 bits per heavy atom. The quantitative estimate of drug-likeness (QED) is 0.744. The predicted molar refractivity (Wildman–Crippen MR) is 112 cm³/mol. The van der Waals surface area contributed by atoms with Crippen LogP contribution in [0.4, 0.5) is 0 Å². The minimum atomic E-state index is -0.430. The highest BCUT2D eigenvalue weighted by Gasteiger charge is 2.33. The number of amides is 1. The molecular formula is C23H37N3O3. The van der Waals surface area contributed by atoms with E-state index >= 15 is 0 Å². The molecule has 2 fully saturated rings. The second kappa shape index (κ2) is 9.31. The van der Waals surface area contributed by atoms with Crippen LogP contribution in [0.1, 0.15) is 84.3 Å². The van der Waals surface area contributed by atoms with Gasteiger partial charge in [-0.2, -0.15) is 0 Å². The zero-order valence-corrected chi connectivity index (χ0v) is 18.4. The Bertz CT molecular complexity index is 664. The normalized spacial score (nSPS) is 24.9. The molecule has 2 aliphatic rings. The van der Waals surface area contributed by atoms with E-state index in [-0.39, 0.29) is 17.8 Å². The number of carbonyl (C=O) groups is 2. The summed E-state index contributed by atoms with van der Waals surface area (Å²) >= 11 is 0. The van der Waals surface area contributed by atoms with Crippen molar-refractivity contribution < 1.29 is 14.3 Å². The lowest BCUT2D eigenvalue weighted by atomic mass is 9.77. The summed E-state index contributed by atoms with van der Waals surface area (Å²) in [5.74, 6) is 1.33. The molecule has 6 heteroatoms. The lowest BCUT2D eigenvalue weighted by Crippen LogP contribution is -2.42. The van der Waals surface area contributed by atoms with Crippen LogP contribution in [0.25, 0.3) is 0 Å². The van der Waals surface area contributed by atoms with Crippen LogP contribution in [-0.4, -0.2) is 45.4 Å². The summed E-state index contributed by atoms with van der Waals surface area (Å²) in [5.41, 5.74) is 0.761. The number of esters is 1. The second-order valence-corrected chi connectivity index (χ2v) is 9.99. The van der Waals surface area contributed by atoms with Gasteiger partial charge in [-0.15, -0.1) is 0 Å². The molecule has 1 amide bonds. The van der Waals surface area contributed by atoms with Gasteiger partial charge in [0.1, 0.15) is 5.60 Å². The number of rotatable bonds is 5. The van der Waals surface area contributed by atoms with Gasteiger partial charge in [-0.25, -0.2) is 4.98 Å². The smallest absolute Gasteiger partial charge is 0.309 e. The maximum atomic E-state index is 13.0. The zero-order chi connectivity index (χ0) is 21.0. The molecule has 1 saturated carbocycles. The van der Waals surface area contributed by atoms with Crippen molar-refractivity contribution in [2.24, 2.45) is 17.8 Å². The molecule has 1 unspecified atom stereocenters. The molecule has 2 heterocycles. The monoisotopic (exact) mass is 403 g/mol. The van der Waals surface area contributed by atoms with Gasteiger partial charge in [0.25, 0.3) is 0 Å². The Kier molecular flexibility index (Phi) is 7.01. The Hall–Kier alpha value is -1.85. The van der Waals surface area contributed by atoms with Gasteiger partial charge < -0.3 is 14.6 Å². The van der Waals surface area contributed by atoms with Crippen molar-refractivity contribution >= 4 is 11.9 Å². The predicted octanol–water partition coefficient (Wildman–Crippen LogP) is 4.29. The molecular weight excluding hydrogens is 366 g/mol. The average Bonchev–Trinajstić information content (AvgIpc) is 3.21. The number of aromatic nitrogens is 2. The van der Waals surface area contributed by atoms with Gasteiger partial charge in [0.2, 0.25) is 5.91 Å². The van der Waals surface area contributed by atoms with Gasteiger partial charge in [0.15, 0.2) is 0 Å². The van der Waals surface area contributed by atoms with Gasteiger partial charge in [-0.1, -0.05) is 6.92 Å². The Labute approximate surface area is 174 Å². The second-order valence-electron chi connectivity index (χ2n) is 9.99. The van der Waals surface area contributed by atoms with Gasteiger partial charge in [0, 0.05) is 36.8 Å². The number of ether oxygens (including phenoxy) is 1. The summed E-state index contributed by atoms with van der Waals surface area (Å²) < 4.78 is 5.51. The highest BCUT2D eigenvalue weighted by Crippen LogP contribution is 2.35. The summed E-state index contributed by atoms with van der Waals surface area (Å²) in [6.45, 7) is 9.39. The Morgan fingerprint density at radius 1 is 1.17 bits per heavy atom. The molecule has 1 saturated heterocycles. The van der Waals surface area contributed by atoms with Crippen molar-refractivity contribution in [2.75, 3.05) is 13.1 Å². The fourth-order valence-electron chi connectivity index (χ4n) is 4.80. The third-order valence-corrected chi connectivity index (χ3v) is 6.46. The van der Waals surface area contributed by atoms with Crippen LogP contribution in [0.3, 0.4) is 0 Å². The summed E-state index contributed by atoms with van der Waals surface area (Å²) in [4.78, 5) is 34.6. The number of nitrogens with zero attached hydrogens (tertiary/aromatic N) is 2. The highest BCUT2D eigenvalue weighted by molar-refractivity contribution is 5.79. The molecule has 1 N–H and O–H groups in total. The van der Waals surface area contributed by atoms with Crippen molar-refractivity contribution in [1.82, 2.24) is 14.9 Å². The number of aromatic amines is 1. The van der Waals surface area contributed by atoms with Gasteiger partial charge in [-0.3, -0.25) is 9.59 Å².